The van der Waals surface area contributed by atoms with Crippen molar-refractivity contribution >= 4 is 29.1 Å². The summed E-state index contributed by atoms with van der Waals surface area (Å²) in [6, 6.07) is 30.4. The van der Waals surface area contributed by atoms with E-state index in [0.717, 1.165) is 15.9 Å². The summed E-state index contributed by atoms with van der Waals surface area (Å²) in [5, 5.41) is 3.41. The summed E-state index contributed by atoms with van der Waals surface area (Å²) in [6.07, 6.45) is 1.76. The lowest BCUT2D eigenvalue weighted by Gasteiger charge is -2.26. The van der Waals surface area contributed by atoms with Crippen LogP contribution >= 0.6 is 7.26 Å². The SMILES string of the molecule is COC(=O)/C(F)=C\C[P+](c1ccccc1)(c1ccccc1)c1ccccc1. The molecule has 0 aliphatic rings. The molecule has 2 nitrogen and oxygen atoms in total. The molecule has 0 aliphatic carbocycles. The molecule has 0 amide bonds. The fourth-order valence-electron chi connectivity index (χ4n) is 3.21. The number of methoxy groups -OCH3 is 1. The van der Waals surface area contributed by atoms with Crippen molar-refractivity contribution in [1.29, 1.82) is 0 Å². The summed E-state index contributed by atoms with van der Waals surface area (Å²) in [7, 11) is -0.997. The molecule has 27 heavy (non-hydrogen) atoms. The molecule has 3 aromatic carbocycles. The first-order valence-electron chi connectivity index (χ1n) is 8.67. The van der Waals surface area contributed by atoms with Gasteiger partial charge in [-0.15, -0.1) is 0 Å². The average Bonchev–Trinajstić information content (AvgIpc) is 2.75. The van der Waals surface area contributed by atoms with Gasteiger partial charge in [-0.1, -0.05) is 54.6 Å². The zero-order valence-corrected chi connectivity index (χ0v) is 16.0. The number of carbonyl (C=O) groups excluding carboxylic acids is 1. The van der Waals surface area contributed by atoms with E-state index in [0.29, 0.717) is 6.16 Å². The number of hydrogen-bond donors (Lipinski definition) is 0. The van der Waals surface area contributed by atoms with Crippen LogP contribution in [0, 0.1) is 0 Å². The minimum absolute atomic E-state index is 0.395. The third kappa shape index (κ3) is 3.99. The Morgan fingerprint density at radius 1 is 0.815 bits per heavy atom. The van der Waals surface area contributed by atoms with Gasteiger partial charge in [0.2, 0.25) is 5.83 Å². The maximum absolute atomic E-state index is 14.3. The van der Waals surface area contributed by atoms with Crippen LogP contribution in [-0.2, 0) is 9.53 Å². The minimum atomic E-state index is -2.18. The van der Waals surface area contributed by atoms with Gasteiger partial charge in [-0.2, -0.15) is 4.39 Å². The molecule has 0 saturated carbocycles. The Morgan fingerprint density at radius 3 is 1.52 bits per heavy atom. The summed E-state index contributed by atoms with van der Waals surface area (Å²) in [5.41, 5.74) is 0. The maximum atomic E-state index is 14.3. The molecule has 0 atom stereocenters. The average molecular weight is 379 g/mol. The summed E-state index contributed by atoms with van der Waals surface area (Å²) in [4.78, 5) is 11.6. The van der Waals surface area contributed by atoms with Crippen LogP contribution in [-0.4, -0.2) is 19.2 Å². The number of hydrogen-bond acceptors (Lipinski definition) is 2. The normalized spacial score (nSPS) is 11.9. The van der Waals surface area contributed by atoms with E-state index in [1.54, 1.807) is 0 Å². The largest absolute Gasteiger partial charge is 0.464 e. The van der Waals surface area contributed by atoms with Crippen LogP contribution in [0.15, 0.2) is 103 Å². The molecule has 0 aromatic heterocycles. The van der Waals surface area contributed by atoms with Gasteiger partial charge in [0.05, 0.1) is 13.3 Å². The number of esters is 1. The van der Waals surface area contributed by atoms with Crippen molar-refractivity contribution in [2.75, 3.05) is 13.3 Å². The molecule has 0 heterocycles. The number of carbonyl (C=O) groups is 1. The molecule has 0 radical (unpaired) electrons. The molecule has 0 N–H and O–H groups in total. The standard InChI is InChI=1S/C23H21FO2P/c1-26-23(25)22(24)17-18-27(19-11-5-2-6-12-19,20-13-7-3-8-14-20)21-15-9-4-10-16-21/h2-17H,18H2,1H3/q+1/b22-17+. The van der Waals surface area contributed by atoms with Crippen LogP contribution in [0.25, 0.3) is 0 Å². The van der Waals surface area contributed by atoms with Gasteiger partial charge in [-0.25, -0.2) is 4.79 Å². The predicted octanol–water partition coefficient (Wildman–Crippen LogP) is 4.01. The third-order valence-electron chi connectivity index (χ3n) is 4.52. The lowest BCUT2D eigenvalue weighted by Crippen LogP contribution is -2.33. The summed E-state index contributed by atoms with van der Waals surface area (Å²) in [5.74, 6) is -1.80. The van der Waals surface area contributed by atoms with Gasteiger partial charge < -0.3 is 4.74 Å². The minimum Gasteiger partial charge on any atom is -0.464 e. The highest BCUT2D eigenvalue weighted by Gasteiger charge is 2.44. The summed E-state index contributed by atoms with van der Waals surface area (Å²) >= 11 is 0. The molecule has 0 unspecified atom stereocenters. The first kappa shape index (κ1) is 19.0. The molecule has 0 bridgehead atoms. The monoisotopic (exact) mass is 379 g/mol. The zero-order chi connectivity index (χ0) is 19.1. The highest BCUT2D eigenvalue weighted by molar-refractivity contribution is 7.95. The maximum Gasteiger partial charge on any atom is 0.366 e. The predicted molar refractivity (Wildman–Crippen MR) is 111 cm³/mol. The smallest absolute Gasteiger partial charge is 0.366 e. The second-order valence-electron chi connectivity index (χ2n) is 6.04. The zero-order valence-electron chi connectivity index (χ0n) is 15.1. The summed E-state index contributed by atoms with van der Waals surface area (Å²) < 4.78 is 18.8. The highest BCUT2D eigenvalue weighted by atomic mass is 31.2. The van der Waals surface area contributed by atoms with E-state index in [2.05, 4.69) is 41.1 Å². The van der Waals surface area contributed by atoms with E-state index in [9.17, 15) is 9.18 Å². The molecule has 3 rings (SSSR count). The van der Waals surface area contributed by atoms with Gasteiger partial charge in [-0.05, 0) is 42.5 Å². The fraction of sp³-hybridized carbons (Fsp3) is 0.0870. The van der Waals surface area contributed by atoms with Crippen molar-refractivity contribution in [1.82, 2.24) is 0 Å². The van der Waals surface area contributed by atoms with E-state index < -0.39 is 19.1 Å². The van der Waals surface area contributed by atoms with Crippen LogP contribution < -0.4 is 15.9 Å². The number of allylic oxidation sites excluding steroid dienone is 1. The van der Waals surface area contributed by atoms with Crippen molar-refractivity contribution < 1.29 is 13.9 Å². The lowest BCUT2D eigenvalue weighted by atomic mass is 10.4. The van der Waals surface area contributed by atoms with Crippen molar-refractivity contribution in [2.45, 2.75) is 0 Å². The fourth-order valence-corrected chi connectivity index (χ4v) is 7.21. The first-order valence-corrected chi connectivity index (χ1v) is 10.6. The van der Waals surface area contributed by atoms with E-state index in [1.807, 2.05) is 54.6 Å². The topological polar surface area (TPSA) is 26.3 Å². The van der Waals surface area contributed by atoms with Crippen molar-refractivity contribution in [3.63, 3.8) is 0 Å². The molecule has 0 saturated heterocycles. The van der Waals surface area contributed by atoms with Gasteiger partial charge in [0, 0.05) is 0 Å². The molecule has 0 fully saturated rings. The Kier molecular flexibility index (Phi) is 6.16. The molecular weight excluding hydrogens is 358 g/mol. The van der Waals surface area contributed by atoms with Crippen molar-refractivity contribution in [2.24, 2.45) is 0 Å². The van der Waals surface area contributed by atoms with E-state index in [4.69, 9.17) is 0 Å². The molecule has 3 aromatic rings. The quantitative estimate of drug-likeness (QED) is 0.368. The molecular formula is C23H21FO2P+. The molecule has 0 aliphatic heterocycles. The number of ether oxygens (including phenoxy) is 1. The Bertz CT molecular complexity index is 812. The van der Waals surface area contributed by atoms with Gasteiger partial charge in [-0.3, -0.25) is 0 Å². The van der Waals surface area contributed by atoms with Gasteiger partial charge in [0.15, 0.2) is 0 Å². The van der Waals surface area contributed by atoms with Gasteiger partial charge >= 0.3 is 5.97 Å². The molecule has 0 spiro atoms. The number of benzene rings is 3. The second kappa shape index (κ2) is 8.75. The number of halogens is 1. The van der Waals surface area contributed by atoms with E-state index in [1.165, 1.54) is 13.2 Å². The third-order valence-corrected chi connectivity index (χ3v) is 8.79. The van der Waals surface area contributed by atoms with Crippen LogP contribution in [0.4, 0.5) is 4.39 Å². The summed E-state index contributed by atoms with van der Waals surface area (Å²) in [6.45, 7) is 0. The second-order valence-corrected chi connectivity index (χ2v) is 9.58. The van der Waals surface area contributed by atoms with Gasteiger partial charge in [0.25, 0.3) is 0 Å². The van der Waals surface area contributed by atoms with Crippen molar-refractivity contribution in [3.05, 3.63) is 103 Å². The van der Waals surface area contributed by atoms with Crippen LogP contribution in [0.1, 0.15) is 0 Å². The van der Waals surface area contributed by atoms with Crippen LogP contribution in [0.3, 0.4) is 0 Å². The molecule has 136 valence electrons. The highest BCUT2D eigenvalue weighted by Crippen LogP contribution is 2.55. The van der Waals surface area contributed by atoms with E-state index in [-0.39, 0.29) is 0 Å². The Labute approximate surface area is 159 Å². The number of rotatable bonds is 6. The van der Waals surface area contributed by atoms with Crippen LogP contribution in [0.5, 0.6) is 0 Å². The molecule has 4 heteroatoms. The van der Waals surface area contributed by atoms with Crippen molar-refractivity contribution in [3.8, 4) is 0 Å². The Hall–Kier alpha value is -2.77. The first-order chi connectivity index (χ1) is 13.2. The van der Waals surface area contributed by atoms with Crippen LogP contribution in [0.2, 0.25) is 0 Å². The Balaban J connectivity index is 2.24. The van der Waals surface area contributed by atoms with E-state index >= 15 is 0 Å². The van der Waals surface area contributed by atoms with Gasteiger partial charge in [0.1, 0.15) is 23.2 Å². The Morgan fingerprint density at radius 2 is 1.19 bits per heavy atom. The lowest BCUT2D eigenvalue weighted by molar-refractivity contribution is -0.137.